The van der Waals surface area contributed by atoms with Crippen LogP contribution in [0, 0.1) is 12.8 Å². The smallest absolute Gasteiger partial charge is 0.225 e. The minimum Gasteiger partial charge on any atom is -0.425 e. The van der Waals surface area contributed by atoms with Gasteiger partial charge in [0.1, 0.15) is 0 Å². The predicted molar refractivity (Wildman–Crippen MR) is 84.2 cm³/mol. The molecule has 3 aliphatic rings. The number of aromatic nitrogens is 2. The summed E-state index contributed by atoms with van der Waals surface area (Å²) >= 11 is 0. The van der Waals surface area contributed by atoms with Crippen LogP contribution in [0.3, 0.4) is 0 Å². The molecule has 7 nitrogen and oxygen atoms in total. The van der Waals surface area contributed by atoms with E-state index in [9.17, 15) is 9.90 Å². The van der Waals surface area contributed by atoms with Crippen molar-refractivity contribution in [1.82, 2.24) is 15.1 Å². The summed E-state index contributed by atoms with van der Waals surface area (Å²) in [6.07, 6.45) is 4.56. The first-order chi connectivity index (χ1) is 11.5. The largest absolute Gasteiger partial charge is 0.425 e. The van der Waals surface area contributed by atoms with Gasteiger partial charge in [-0.3, -0.25) is 4.79 Å². The zero-order valence-corrected chi connectivity index (χ0v) is 14.1. The molecule has 0 unspecified atom stereocenters. The fraction of sp³-hybridized carbons (Fsp3) is 0.824. The molecule has 7 heteroatoms. The summed E-state index contributed by atoms with van der Waals surface area (Å²) in [4.78, 5) is 14.5. The van der Waals surface area contributed by atoms with Gasteiger partial charge in [-0.05, 0) is 32.1 Å². The minimum absolute atomic E-state index is 0.0571. The first-order valence-corrected chi connectivity index (χ1v) is 8.96. The highest BCUT2D eigenvalue weighted by Gasteiger charge is 2.44. The van der Waals surface area contributed by atoms with Gasteiger partial charge < -0.3 is 19.2 Å². The van der Waals surface area contributed by atoms with Crippen molar-refractivity contribution in [3.8, 4) is 0 Å². The molecule has 2 saturated heterocycles. The highest BCUT2D eigenvalue weighted by atomic mass is 16.5. The number of aryl methyl sites for hydroxylation is 1. The van der Waals surface area contributed by atoms with Crippen molar-refractivity contribution in [2.24, 2.45) is 5.92 Å². The fourth-order valence-corrected chi connectivity index (χ4v) is 4.26. The number of carbonyl (C=O) groups is 1. The van der Waals surface area contributed by atoms with Gasteiger partial charge in [0.15, 0.2) is 0 Å². The molecule has 1 aromatic heterocycles. The molecular weight excluding hydrogens is 310 g/mol. The van der Waals surface area contributed by atoms with E-state index < -0.39 is 5.60 Å². The van der Waals surface area contributed by atoms with Crippen molar-refractivity contribution in [1.29, 1.82) is 0 Å². The molecule has 132 valence electrons. The number of fused-ring (bicyclic) bond motifs is 1. The van der Waals surface area contributed by atoms with Crippen LogP contribution in [0.25, 0.3) is 0 Å². The Balaban J connectivity index is 1.46. The van der Waals surface area contributed by atoms with E-state index in [0.717, 1.165) is 32.1 Å². The standard InChI is InChI=1S/C17H25N3O4/c1-11-18-19-16(24-11)12-4-8-23-14-3-7-20(10-13(12)14)15(21)9-17(22)5-2-6-17/h12-14,22H,2-10H2,1H3/t12-,13-,14-/m1/s1. The highest BCUT2D eigenvalue weighted by molar-refractivity contribution is 5.77. The van der Waals surface area contributed by atoms with Crippen molar-refractivity contribution in [2.75, 3.05) is 19.7 Å². The maximum atomic E-state index is 12.6. The Morgan fingerprint density at radius 1 is 1.38 bits per heavy atom. The van der Waals surface area contributed by atoms with Crippen LogP contribution in [0.1, 0.15) is 56.2 Å². The van der Waals surface area contributed by atoms with Crippen LogP contribution >= 0.6 is 0 Å². The van der Waals surface area contributed by atoms with Crippen LogP contribution in [0.15, 0.2) is 4.42 Å². The minimum atomic E-state index is -0.764. The molecule has 3 fully saturated rings. The first kappa shape index (κ1) is 16.0. The van der Waals surface area contributed by atoms with E-state index in [-0.39, 0.29) is 30.3 Å². The maximum Gasteiger partial charge on any atom is 0.225 e. The molecular formula is C17H25N3O4. The Hall–Kier alpha value is -1.47. The third-order valence-corrected chi connectivity index (χ3v) is 5.85. The number of piperidine rings is 1. The number of amides is 1. The molecule has 24 heavy (non-hydrogen) atoms. The van der Waals surface area contributed by atoms with Crippen LogP contribution in [0.5, 0.6) is 0 Å². The van der Waals surface area contributed by atoms with Gasteiger partial charge in [0.05, 0.1) is 18.1 Å². The van der Waals surface area contributed by atoms with Gasteiger partial charge in [0.25, 0.3) is 0 Å². The lowest BCUT2D eigenvalue weighted by Gasteiger charge is -2.45. The van der Waals surface area contributed by atoms with E-state index in [4.69, 9.17) is 9.15 Å². The summed E-state index contributed by atoms with van der Waals surface area (Å²) in [6.45, 7) is 3.83. The van der Waals surface area contributed by atoms with Crippen LogP contribution < -0.4 is 0 Å². The summed E-state index contributed by atoms with van der Waals surface area (Å²) in [5.74, 6) is 1.63. The lowest BCUT2D eigenvalue weighted by molar-refractivity contribution is -0.148. The van der Waals surface area contributed by atoms with Crippen LogP contribution in [0.2, 0.25) is 0 Å². The summed E-state index contributed by atoms with van der Waals surface area (Å²) in [5, 5.41) is 18.4. The van der Waals surface area contributed by atoms with E-state index in [1.54, 1.807) is 6.92 Å². The van der Waals surface area contributed by atoms with Gasteiger partial charge in [-0.15, -0.1) is 10.2 Å². The van der Waals surface area contributed by atoms with Gasteiger partial charge in [-0.1, -0.05) is 0 Å². The average molecular weight is 335 g/mol. The van der Waals surface area contributed by atoms with E-state index in [0.29, 0.717) is 31.5 Å². The van der Waals surface area contributed by atoms with Gasteiger partial charge >= 0.3 is 0 Å². The second-order valence-electron chi connectivity index (χ2n) is 7.51. The predicted octanol–water partition coefficient (Wildman–Crippen LogP) is 1.40. The maximum absolute atomic E-state index is 12.6. The first-order valence-electron chi connectivity index (χ1n) is 8.96. The molecule has 2 aliphatic heterocycles. The third-order valence-electron chi connectivity index (χ3n) is 5.85. The number of hydrogen-bond acceptors (Lipinski definition) is 6. The average Bonchev–Trinajstić information content (AvgIpc) is 2.98. The summed E-state index contributed by atoms with van der Waals surface area (Å²) in [6, 6.07) is 0. The van der Waals surface area contributed by atoms with Gasteiger partial charge in [0.2, 0.25) is 17.7 Å². The Kier molecular flexibility index (Phi) is 4.08. The second kappa shape index (κ2) is 6.11. The summed E-state index contributed by atoms with van der Waals surface area (Å²) in [7, 11) is 0. The summed E-state index contributed by atoms with van der Waals surface area (Å²) in [5.41, 5.74) is -0.764. The lowest BCUT2D eigenvalue weighted by atomic mass is 9.76. The van der Waals surface area contributed by atoms with Crippen molar-refractivity contribution in [2.45, 2.75) is 63.1 Å². The molecule has 1 amide bonds. The van der Waals surface area contributed by atoms with Crippen molar-refractivity contribution in [3.63, 3.8) is 0 Å². The second-order valence-corrected chi connectivity index (χ2v) is 7.51. The molecule has 0 bridgehead atoms. The molecule has 1 N–H and O–H groups in total. The van der Waals surface area contributed by atoms with Crippen molar-refractivity contribution in [3.05, 3.63) is 11.8 Å². The molecule has 0 radical (unpaired) electrons. The molecule has 1 saturated carbocycles. The Bertz CT molecular complexity index is 613. The monoisotopic (exact) mass is 335 g/mol. The van der Waals surface area contributed by atoms with Crippen molar-refractivity contribution < 1.29 is 19.1 Å². The Labute approximate surface area is 141 Å². The van der Waals surface area contributed by atoms with E-state index in [2.05, 4.69) is 10.2 Å². The Morgan fingerprint density at radius 3 is 2.88 bits per heavy atom. The quantitative estimate of drug-likeness (QED) is 0.898. The van der Waals surface area contributed by atoms with E-state index in [1.807, 2.05) is 4.90 Å². The molecule has 0 spiro atoms. The molecule has 1 aromatic rings. The summed E-state index contributed by atoms with van der Waals surface area (Å²) < 4.78 is 11.6. The number of hydrogen-bond donors (Lipinski definition) is 1. The van der Waals surface area contributed by atoms with E-state index in [1.165, 1.54) is 0 Å². The molecule has 4 rings (SSSR count). The Morgan fingerprint density at radius 2 is 2.21 bits per heavy atom. The van der Waals surface area contributed by atoms with E-state index >= 15 is 0 Å². The number of aliphatic hydroxyl groups is 1. The zero-order valence-electron chi connectivity index (χ0n) is 14.1. The fourth-order valence-electron chi connectivity index (χ4n) is 4.26. The molecule has 1 aliphatic carbocycles. The molecule has 3 heterocycles. The SMILES string of the molecule is Cc1nnc([C@@H]2CCO[C@@H]3CCN(C(=O)CC4(O)CCC4)C[C@@H]32)o1. The highest BCUT2D eigenvalue weighted by Crippen LogP contribution is 2.40. The molecule has 3 atom stereocenters. The number of nitrogens with zero attached hydrogens (tertiary/aromatic N) is 3. The van der Waals surface area contributed by atoms with Crippen LogP contribution in [-0.2, 0) is 9.53 Å². The number of carbonyl (C=O) groups excluding carboxylic acids is 1. The van der Waals surface area contributed by atoms with Gasteiger partial charge in [-0.25, -0.2) is 0 Å². The topological polar surface area (TPSA) is 88.7 Å². The number of rotatable bonds is 3. The lowest BCUT2D eigenvalue weighted by Crippen LogP contribution is -2.52. The van der Waals surface area contributed by atoms with Crippen molar-refractivity contribution >= 4 is 5.91 Å². The van der Waals surface area contributed by atoms with Crippen LogP contribution in [0.4, 0.5) is 0 Å². The molecule has 0 aromatic carbocycles. The van der Waals surface area contributed by atoms with Gasteiger partial charge in [0, 0.05) is 38.5 Å². The van der Waals surface area contributed by atoms with Crippen LogP contribution in [-0.4, -0.2) is 57.5 Å². The normalized spacial score (nSPS) is 32.1. The van der Waals surface area contributed by atoms with Gasteiger partial charge in [-0.2, -0.15) is 0 Å². The number of likely N-dealkylation sites (tertiary alicyclic amines) is 1. The third kappa shape index (κ3) is 2.95. The number of ether oxygens (including phenoxy) is 1. The zero-order chi connectivity index (χ0) is 16.7.